The molecule has 1 atom stereocenters. The van der Waals surface area contributed by atoms with E-state index in [0.29, 0.717) is 5.56 Å². The number of alkyl carbamates (subject to hydrolysis) is 1. The normalized spacial score (nSPS) is 11.7. The second-order valence-corrected chi connectivity index (χ2v) is 4.39. The van der Waals surface area contributed by atoms with Crippen LogP contribution in [0.1, 0.15) is 24.1 Å². The van der Waals surface area contributed by atoms with Crippen LogP contribution in [-0.4, -0.2) is 11.1 Å². The minimum atomic E-state index is -0.551. The first-order chi connectivity index (χ1) is 9.66. The lowest BCUT2D eigenvalue weighted by molar-refractivity contribution is 0.136. The lowest BCUT2D eigenvalue weighted by Gasteiger charge is -2.13. The lowest BCUT2D eigenvalue weighted by Crippen LogP contribution is -2.30. The summed E-state index contributed by atoms with van der Waals surface area (Å²) in [6, 6.07) is 10.4. The highest BCUT2D eigenvalue weighted by Gasteiger charge is 2.12. The zero-order chi connectivity index (χ0) is 14.4. The number of rotatable bonds is 4. The molecule has 0 spiro atoms. The maximum absolute atomic E-state index is 11.7. The van der Waals surface area contributed by atoms with Crippen molar-refractivity contribution in [2.45, 2.75) is 19.6 Å². The van der Waals surface area contributed by atoms with Crippen molar-refractivity contribution in [3.63, 3.8) is 0 Å². The number of carbonyl (C=O) groups is 1. The van der Waals surface area contributed by atoms with Gasteiger partial charge in [-0.25, -0.2) is 4.79 Å². The van der Waals surface area contributed by atoms with Gasteiger partial charge in [0.2, 0.25) is 0 Å². The third-order valence-corrected chi connectivity index (χ3v) is 2.87. The fourth-order valence-corrected chi connectivity index (χ4v) is 1.79. The maximum Gasteiger partial charge on any atom is 0.407 e. The van der Waals surface area contributed by atoms with Crippen LogP contribution in [0.4, 0.5) is 4.79 Å². The highest BCUT2D eigenvalue weighted by Crippen LogP contribution is 2.06. The summed E-state index contributed by atoms with van der Waals surface area (Å²) in [7, 11) is 0. The summed E-state index contributed by atoms with van der Waals surface area (Å²) in [4.78, 5) is 26.1. The van der Waals surface area contributed by atoms with Crippen molar-refractivity contribution in [3.05, 3.63) is 70.1 Å². The molecule has 0 aliphatic rings. The third kappa shape index (κ3) is 3.71. The van der Waals surface area contributed by atoms with E-state index in [-0.39, 0.29) is 12.0 Å². The first kappa shape index (κ1) is 13.9. The van der Waals surface area contributed by atoms with E-state index in [0.717, 1.165) is 5.56 Å². The molecular weight excluding hydrogens is 256 g/mol. The summed E-state index contributed by atoms with van der Waals surface area (Å²) in [5, 5.41) is 2.63. The topological polar surface area (TPSA) is 71.2 Å². The van der Waals surface area contributed by atoms with Crippen LogP contribution < -0.4 is 10.7 Å². The molecule has 1 unspecified atom stereocenters. The van der Waals surface area contributed by atoms with Crippen LogP contribution >= 0.6 is 0 Å². The number of aromatic nitrogens is 1. The molecule has 1 aromatic heterocycles. The van der Waals surface area contributed by atoms with Crippen LogP contribution in [0.25, 0.3) is 0 Å². The first-order valence-corrected chi connectivity index (χ1v) is 6.31. The van der Waals surface area contributed by atoms with E-state index in [1.54, 1.807) is 19.3 Å². The third-order valence-electron chi connectivity index (χ3n) is 2.87. The van der Waals surface area contributed by atoms with Gasteiger partial charge >= 0.3 is 6.09 Å². The molecule has 2 N–H and O–H groups in total. The van der Waals surface area contributed by atoms with Gasteiger partial charge in [0, 0.05) is 24.0 Å². The minimum Gasteiger partial charge on any atom is -0.445 e. The molecule has 5 nitrogen and oxygen atoms in total. The van der Waals surface area contributed by atoms with Gasteiger partial charge in [0.25, 0.3) is 0 Å². The van der Waals surface area contributed by atoms with Gasteiger partial charge in [0.15, 0.2) is 5.43 Å². The largest absolute Gasteiger partial charge is 0.445 e. The molecular formula is C15H16N2O3. The maximum atomic E-state index is 11.7. The van der Waals surface area contributed by atoms with Crippen molar-refractivity contribution < 1.29 is 9.53 Å². The van der Waals surface area contributed by atoms with Crippen LogP contribution in [0.2, 0.25) is 0 Å². The predicted molar refractivity (Wildman–Crippen MR) is 75.2 cm³/mol. The zero-order valence-corrected chi connectivity index (χ0v) is 11.1. The Hall–Kier alpha value is -2.56. The lowest BCUT2D eigenvalue weighted by atomic mass is 10.1. The smallest absolute Gasteiger partial charge is 0.407 e. The van der Waals surface area contributed by atoms with E-state index in [1.807, 2.05) is 30.3 Å². The molecule has 104 valence electrons. The SMILES string of the molecule is CC(NC(=O)OCc1ccccc1)c1c[nH]ccc1=O. The fraction of sp³-hybridized carbons (Fsp3) is 0.200. The van der Waals surface area contributed by atoms with Crippen molar-refractivity contribution in [1.29, 1.82) is 0 Å². The number of aromatic amines is 1. The number of ether oxygens (including phenoxy) is 1. The van der Waals surface area contributed by atoms with Gasteiger partial charge in [-0.1, -0.05) is 30.3 Å². The second-order valence-electron chi connectivity index (χ2n) is 4.39. The molecule has 0 aliphatic carbocycles. The highest BCUT2D eigenvalue weighted by atomic mass is 16.5. The van der Waals surface area contributed by atoms with Gasteiger partial charge < -0.3 is 15.0 Å². The molecule has 2 aromatic rings. The predicted octanol–water partition coefficient (Wildman–Crippen LogP) is 2.36. The van der Waals surface area contributed by atoms with Crippen LogP contribution in [-0.2, 0) is 11.3 Å². The zero-order valence-electron chi connectivity index (χ0n) is 11.1. The second kappa shape index (κ2) is 6.56. The average molecular weight is 272 g/mol. The molecule has 0 fully saturated rings. The summed E-state index contributed by atoms with van der Waals surface area (Å²) in [6.45, 7) is 1.93. The van der Waals surface area contributed by atoms with Gasteiger partial charge in [-0.05, 0) is 12.5 Å². The molecule has 5 heteroatoms. The monoisotopic (exact) mass is 272 g/mol. The molecule has 0 saturated carbocycles. The van der Waals surface area contributed by atoms with E-state index in [1.165, 1.54) is 6.07 Å². The number of carbonyl (C=O) groups excluding carboxylic acids is 1. The first-order valence-electron chi connectivity index (χ1n) is 6.31. The van der Waals surface area contributed by atoms with Crippen molar-refractivity contribution >= 4 is 6.09 Å². The van der Waals surface area contributed by atoms with Gasteiger partial charge in [0.05, 0.1) is 6.04 Å². The molecule has 0 saturated heterocycles. The number of nitrogens with one attached hydrogen (secondary N) is 2. The number of benzene rings is 1. The van der Waals surface area contributed by atoms with Crippen LogP contribution in [0, 0.1) is 0 Å². The summed E-state index contributed by atoms with van der Waals surface area (Å²) < 4.78 is 5.10. The van der Waals surface area contributed by atoms with Crippen LogP contribution in [0.15, 0.2) is 53.6 Å². The van der Waals surface area contributed by atoms with E-state index >= 15 is 0 Å². The number of pyridine rings is 1. The van der Waals surface area contributed by atoms with Crippen molar-refractivity contribution in [2.75, 3.05) is 0 Å². The fourth-order valence-electron chi connectivity index (χ4n) is 1.79. The molecule has 1 aromatic carbocycles. The number of amides is 1. The molecule has 0 radical (unpaired) electrons. The Morgan fingerprint density at radius 2 is 2.05 bits per heavy atom. The van der Waals surface area contributed by atoms with Crippen molar-refractivity contribution in [1.82, 2.24) is 10.3 Å². The van der Waals surface area contributed by atoms with Crippen molar-refractivity contribution in [2.24, 2.45) is 0 Å². The summed E-state index contributed by atoms with van der Waals surface area (Å²) in [5.74, 6) is 0. The molecule has 2 rings (SSSR count). The van der Waals surface area contributed by atoms with E-state index in [9.17, 15) is 9.59 Å². The standard InChI is InChI=1S/C15H16N2O3/c1-11(13-9-16-8-7-14(13)18)17-15(19)20-10-12-5-3-2-4-6-12/h2-9,11H,10H2,1H3,(H,16,18)(H,17,19). The Bertz CT molecular complexity index is 622. The van der Waals surface area contributed by atoms with E-state index in [4.69, 9.17) is 4.74 Å². The molecule has 1 amide bonds. The summed E-state index contributed by atoms with van der Waals surface area (Å²) in [5.41, 5.74) is 1.27. The van der Waals surface area contributed by atoms with Crippen molar-refractivity contribution in [3.8, 4) is 0 Å². The Morgan fingerprint density at radius 3 is 2.75 bits per heavy atom. The van der Waals surface area contributed by atoms with Gasteiger partial charge in [-0.15, -0.1) is 0 Å². The molecule has 20 heavy (non-hydrogen) atoms. The number of H-pyrrole nitrogens is 1. The van der Waals surface area contributed by atoms with Gasteiger partial charge in [-0.2, -0.15) is 0 Å². The highest BCUT2D eigenvalue weighted by molar-refractivity contribution is 5.67. The van der Waals surface area contributed by atoms with E-state index in [2.05, 4.69) is 10.3 Å². The summed E-state index contributed by atoms with van der Waals surface area (Å²) >= 11 is 0. The Balaban J connectivity index is 1.89. The van der Waals surface area contributed by atoms with Gasteiger partial charge in [0.1, 0.15) is 6.61 Å². The minimum absolute atomic E-state index is 0.125. The average Bonchev–Trinajstić information content (AvgIpc) is 2.46. The Kier molecular flexibility index (Phi) is 4.55. The Morgan fingerprint density at radius 1 is 1.30 bits per heavy atom. The van der Waals surface area contributed by atoms with Crippen LogP contribution in [0.5, 0.6) is 0 Å². The summed E-state index contributed by atoms with van der Waals surface area (Å²) in [6.07, 6.45) is 2.57. The molecule has 0 aliphatic heterocycles. The van der Waals surface area contributed by atoms with Gasteiger partial charge in [-0.3, -0.25) is 4.79 Å². The van der Waals surface area contributed by atoms with E-state index < -0.39 is 12.1 Å². The quantitative estimate of drug-likeness (QED) is 0.897. The Labute approximate surface area is 116 Å². The van der Waals surface area contributed by atoms with Crippen LogP contribution in [0.3, 0.4) is 0 Å². The molecule has 1 heterocycles. The number of hydrogen-bond acceptors (Lipinski definition) is 3. The number of hydrogen-bond donors (Lipinski definition) is 2. The molecule has 0 bridgehead atoms.